The molecule has 4 aromatic heterocycles. The van der Waals surface area contributed by atoms with Crippen LogP contribution in [0.25, 0.3) is 64.6 Å². The SMILES string of the molecule is C[Si](C)(C)c1ccc(-c2[c-]cccc2)nc1.[Ir].[c-]1ccc2c(sc3ccccc32)c1-c1cc2oc3ccccc3c2cn1. The van der Waals surface area contributed by atoms with Gasteiger partial charge in [0.2, 0.25) is 0 Å². The Morgan fingerprint density at radius 3 is 2.19 bits per heavy atom. The molecule has 4 aromatic carbocycles. The summed E-state index contributed by atoms with van der Waals surface area (Å²) < 4.78 is 8.54. The van der Waals surface area contributed by atoms with Gasteiger partial charge in [-0.2, -0.15) is 11.3 Å². The summed E-state index contributed by atoms with van der Waals surface area (Å²) in [4.78, 5) is 9.25. The Morgan fingerprint density at radius 2 is 1.42 bits per heavy atom. The molecule has 0 aliphatic heterocycles. The molecule has 0 saturated heterocycles. The number of furan rings is 1. The molecule has 0 aliphatic rings. The van der Waals surface area contributed by atoms with E-state index in [2.05, 4.69) is 85.3 Å². The Morgan fingerprint density at radius 1 is 0.651 bits per heavy atom. The van der Waals surface area contributed by atoms with Crippen molar-refractivity contribution in [3.63, 3.8) is 0 Å². The van der Waals surface area contributed by atoms with Crippen LogP contribution in [0, 0.1) is 12.1 Å². The molecule has 0 N–H and O–H groups in total. The van der Waals surface area contributed by atoms with E-state index in [1.165, 1.54) is 25.4 Å². The van der Waals surface area contributed by atoms with Gasteiger partial charge in [-0.15, -0.1) is 59.7 Å². The number of rotatable bonds is 3. The van der Waals surface area contributed by atoms with E-state index in [4.69, 9.17) is 9.40 Å². The van der Waals surface area contributed by atoms with E-state index in [-0.39, 0.29) is 20.1 Å². The zero-order chi connectivity index (χ0) is 28.7. The van der Waals surface area contributed by atoms with Crippen LogP contribution in [0.1, 0.15) is 0 Å². The number of hydrogen-bond donors (Lipinski definition) is 0. The average Bonchev–Trinajstić information content (AvgIpc) is 3.59. The molecule has 0 atom stereocenters. The zero-order valence-electron chi connectivity index (χ0n) is 24.0. The van der Waals surface area contributed by atoms with E-state index in [0.717, 1.165) is 44.5 Å². The minimum atomic E-state index is -1.23. The Kier molecular flexibility index (Phi) is 8.12. The summed E-state index contributed by atoms with van der Waals surface area (Å²) in [6.07, 6.45) is 3.93. The third-order valence-electron chi connectivity index (χ3n) is 7.47. The van der Waals surface area contributed by atoms with Crippen molar-refractivity contribution >= 4 is 66.7 Å². The number of hydrogen-bond acceptors (Lipinski definition) is 4. The van der Waals surface area contributed by atoms with Crippen LogP contribution in [-0.4, -0.2) is 18.0 Å². The second-order valence-electron chi connectivity index (χ2n) is 11.3. The Bertz CT molecular complexity index is 2180. The number of thiophene rings is 1. The van der Waals surface area contributed by atoms with Crippen molar-refractivity contribution in [1.82, 2.24) is 9.97 Å². The topological polar surface area (TPSA) is 38.9 Å². The van der Waals surface area contributed by atoms with Gasteiger partial charge in [0, 0.05) is 48.0 Å². The molecule has 43 heavy (non-hydrogen) atoms. The molecule has 0 aliphatic carbocycles. The summed E-state index contributed by atoms with van der Waals surface area (Å²) in [6.45, 7) is 7.00. The minimum absolute atomic E-state index is 0. The summed E-state index contributed by atoms with van der Waals surface area (Å²) in [5, 5.41) is 6.09. The van der Waals surface area contributed by atoms with Gasteiger partial charge in [0.25, 0.3) is 0 Å². The van der Waals surface area contributed by atoms with E-state index in [0.29, 0.717) is 0 Å². The van der Waals surface area contributed by atoms with Gasteiger partial charge in [-0.3, -0.25) is 0 Å². The van der Waals surface area contributed by atoms with Crippen LogP contribution in [0.2, 0.25) is 19.6 Å². The first kappa shape index (κ1) is 29.2. The number of para-hydroxylation sites is 1. The summed E-state index contributed by atoms with van der Waals surface area (Å²) in [5.41, 5.74) is 5.75. The molecule has 0 fully saturated rings. The molecule has 0 spiro atoms. The van der Waals surface area contributed by atoms with Crippen LogP contribution in [0.4, 0.5) is 0 Å². The molecular formula is C37H28IrN2OSSi-2. The first-order valence-corrected chi connectivity index (χ1v) is 18.3. The molecular weight excluding hydrogens is 741 g/mol. The molecule has 4 heterocycles. The van der Waals surface area contributed by atoms with E-state index in [1.54, 1.807) is 11.3 Å². The van der Waals surface area contributed by atoms with E-state index >= 15 is 0 Å². The van der Waals surface area contributed by atoms with Gasteiger partial charge in [-0.25, -0.2) is 0 Å². The summed E-state index contributed by atoms with van der Waals surface area (Å²) in [5.74, 6) is 0. The molecule has 8 aromatic rings. The molecule has 0 unspecified atom stereocenters. The molecule has 0 amide bonds. The third-order valence-corrected chi connectivity index (χ3v) is 10.7. The predicted molar refractivity (Wildman–Crippen MR) is 180 cm³/mol. The van der Waals surface area contributed by atoms with Crippen molar-refractivity contribution < 1.29 is 24.5 Å². The second-order valence-corrected chi connectivity index (χ2v) is 17.4. The van der Waals surface area contributed by atoms with E-state index < -0.39 is 8.07 Å². The Hall–Kier alpha value is -3.93. The van der Waals surface area contributed by atoms with Crippen molar-refractivity contribution in [3.8, 4) is 22.5 Å². The van der Waals surface area contributed by atoms with Crippen LogP contribution < -0.4 is 5.19 Å². The van der Waals surface area contributed by atoms with Crippen LogP contribution in [0.15, 0.2) is 120 Å². The first-order valence-electron chi connectivity index (χ1n) is 14.0. The van der Waals surface area contributed by atoms with Crippen LogP contribution in [0.3, 0.4) is 0 Å². The van der Waals surface area contributed by atoms with Crippen molar-refractivity contribution in [1.29, 1.82) is 0 Å². The smallest absolute Gasteiger partial charge is 0.135 e. The number of nitrogens with zero attached hydrogens (tertiary/aromatic N) is 2. The quantitative estimate of drug-likeness (QED) is 0.133. The fraction of sp³-hybridized carbons (Fsp3) is 0.0811. The average molecular weight is 769 g/mol. The summed E-state index contributed by atoms with van der Waals surface area (Å²) in [6, 6.07) is 41.6. The van der Waals surface area contributed by atoms with Gasteiger partial charge in [-0.1, -0.05) is 73.6 Å². The molecule has 0 bridgehead atoms. The molecule has 6 heteroatoms. The standard InChI is InChI=1S/C23H12NOS.C14H16NSi.Ir/c1-3-10-20-14(6-1)18-13-24-19(12-21(18)25-20)17-9-5-8-16-15-7-2-4-11-22(15)26-23(16)17;1-16(2,3)13-9-10-14(15-11-13)12-7-5-4-6-8-12;/h1-8,10-13H;4-7,9-11H,1-3H3;/q2*-1;. The molecule has 0 saturated carbocycles. The van der Waals surface area contributed by atoms with E-state index in [9.17, 15) is 0 Å². The van der Waals surface area contributed by atoms with Crippen LogP contribution in [-0.2, 0) is 20.1 Å². The Labute approximate surface area is 269 Å². The van der Waals surface area contributed by atoms with Crippen LogP contribution in [0.5, 0.6) is 0 Å². The van der Waals surface area contributed by atoms with E-state index in [1.807, 2.05) is 67.0 Å². The van der Waals surface area contributed by atoms with Crippen molar-refractivity contribution in [2.45, 2.75) is 19.6 Å². The molecule has 8 rings (SSSR count). The second kappa shape index (κ2) is 12.0. The largest absolute Gasteiger partial charge is 0.457 e. The van der Waals surface area contributed by atoms with Gasteiger partial charge < -0.3 is 14.4 Å². The maximum Gasteiger partial charge on any atom is 0.135 e. The fourth-order valence-electron chi connectivity index (χ4n) is 5.19. The van der Waals surface area contributed by atoms with Gasteiger partial charge >= 0.3 is 0 Å². The van der Waals surface area contributed by atoms with Crippen molar-refractivity contribution in [2.75, 3.05) is 0 Å². The normalized spacial score (nSPS) is 11.4. The number of pyridine rings is 2. The number of aromatic nitrogens is 2. The summed E-state index contributed by atoms with van der Waals surface area (Å²) in [7, 11) is -1.23. The third kappa shape index (κ3) is 5.72. The van der Waals surface area contributed by atoms with Crippen LogP contribution >= 0.6 is 11.3 Å². The number of benzene rings is 4. The molecule has 1 radical (unpaired) electrons. The predicted octanol–water partition coefficient (Wildman–Crippen LogP) is 9.91. The molecule has 3 nitrogen and oxygen atoms in total. The molecule has 213 valence electrons. The number of fused-ring (bicyclic) bond motifs is 6. The summed E-state index contributed by atoms with van der Waals surface area (Å²) >= 11 is 1.79. The van der Waals surface area contributed by atoms with Crippen molar-refractivity contribution in [2.24, 2.45) is 0 Å². The fourth-order valence-corrected chi connectivity index (χ4v) is 7.43. The Balaban J connectivity index is 0.000000168. The zero-order valence-corrected chi connectivity index (χ0v) is 28.2. The van der Waals surface area contributed by atoms with Gasteiger partial charge in [0.15, 0.2) is 0 Å². The van der Waals surface area contributed by atoms with Gasteiger partial charge in [0.1, 0.15) is 11.2 Å². The van der Waals surface area contributed by atoms with Gasteiger partial charge in [-0.05, 0) is 44.9 Å². The maximum absolute atomic E-state index is 6.04. The maximum atomic E-state index is 6.04. The van der Waals surface area contributed by atoms with Gasteiger partial charge in [0.05, 0.1) is 8.07 Å². The monoisotopic (exact) mass is 769 g/mol. The minimum Gasteiger partial charge on any atom is -0.457 e. The first-order chi connectivity index (χ1) is 20.5. The van der Waals surface area contributed by atoms with Crippen molar-refractivity contribution in [3.05, 3.63) is 128 Å².